The molecule has 3 N–H and O–H groups in total. The zero-order chi connectivity index (χ0) is 24.0. The van der Waals surface area contributed by atoms with Crippen LogP contribution in [0.2, 0.25) is 0 Å². The van der Waals surface area contributed by atoms with E-state index in [0.29, 0.717) is 19.4 Å². The van der Waals surface area contributed by atoms with E-state index in [0.717, 1.165) is 0 Å². The number of aliphatic carboxylic acids is 1. The van der Waals surface area contributed by atoms with E-state index in [9.17, 15) is 14.4 Å². The number of amides is 2. The molecule has 0 aromatic heterocycles. The number of carbonyl (C=O) groups excluding carboxylic acids is 2. The molecule has 0 saturated carbocycles. The number of carbonyl (C=O) groups is 3. The van der Waals surface area contributed by atoms with Crippen LogP contribution in [-0.2, 0) is 14.3 Å². The number of benzene rings is 2. The fraction of sp³-hybridized carbons (Fsp3) is 0.423. The Kier molecular flexibility index (Phi) is 7.74. The predicted octanol–water partition coefficient (Wildman–Crippen LogP) is 4.31. The zero-order valence-corrected chi connectivity index (χ0v) is 19.4. The number of carboxylic acids is 1. The van der Waals surface area contributed by atoms with Crippen LogP contribution in [-0.4, -0.2) is 42.3 Å². The summed E-state index contributed by atoms with van der Waals surface area (Å²) in [6.07, 6.45) is 1.02. The Morgan fingerprint density at radius 3 is 2.15 bits per heavy atom. The monoisotopic (exact) mass is 452 g/mol. The van der Waals surface area contributed by atoms with Gasteiger partial charge in [0.1, 0.15) is 12.6 Å². The van der Waals surface area contributed by atoms with E-state index in [1.54, 1.807) is 0 Å². The second-order valence-corrected chi connectivity index (χ2v) is 9.29. The first kappa shape index (κ1) is 24.3. The number of hydrogen-bond donors (Lipinski definition) is 3. The maximum atomic E-state index is 12.3. The SMILES string of the molecule is C[C@H](NC(=O)CCC(C)(C)CCNC(=O)OCC1c2ccccc2-c2ccccc21)C(=O)O. The first-order valence-electron chi connectivity index (χ1n) is 11.3. The first-order chi connectivity index (χ1) is 15.7. The lowest BCUT2D eigenvalue weighted by atomic mass is 9.84. The average molecular weight is 453 g/mol. The van der Waals surface area contributed by atoms with E-state index in [4.69, 9.17) is 9.84 Å². The van der Waals surface area contributed by atoms with Crippen LogP contribution in [0.3, 0.4) is 0 Å². The van der Waals surface area contributed by atoms with Crippen molar-refractivity contribution in [3.05, 3.63) is 59.7 Å². The smallest absolute Gasteiger partial charge is 0.407 e. The summed E-state index contributed by atoms with van der Waals surface area (Å²) < 4.78 is 5.55. The summed E-state index contributed by atoms with van der Waals surface area (Å²) >= 11 is 0. The molecule has 2 amide bonds. The Bertz CT molecular complexity index is 972. The highest BCUT2D eigenvalue weighted by Gasteiger charge is 2.29. The maximum absolute atomic E-state index is 12.3. The Morgan fingerprint density at radius 1 is 1.00 bits per heavy atom. The molecule has 3 rings (SSSR count). The topological polar surface area (TPSA) is 105 Å². The molecule has 0 radical (unpaired) electrons. The molecule has 1 atom stereocenters. The normalized spacial score (nSPS) is 13.5. The van der Waals surface area contributed by atoms with Gasteiger partial charge in [-0.25, -0.2) is 4.79 Å². The van der Waals surface area contributed by atoms with Gasteiger partial charge in [0, 0.05) is 18.9 Å². The van der Waals surface area contributed by atoms with Crippen molar-refractivity contribution in [2.24, 2.45) is 5.41 Å². The Morgan fingerprint density at radius 2 is 1.58 bits per heavy atom. The van der Waals surface area contributed by atoms with E-state index in [-0.39, 0.29) is 30.3 Å². The molecule has 2 aromatic rings. The molecular formula is C26H32N2O5. The highest BCUT2D eigenvalue weighted by Crippen LogP contribution is 2.44. The van der Waals surface area contributed by atoms with Crippen LogP contribution in [0.4, 0.5) is 4.79 Å². The van der Waals surface area contributed by atoms with E-state index in [1.165, 1.54) is 29.2 Å². The van der Waals surface area contributed by atoms with E-state index in [1.807, 2.05) is 38.1 Å². The van der Waals surface area contributed by atoms with E-state index < -0.39 is 18.1 Å². The number of rotatable bonds is 10. The van der Waals surface area contributed by atoms with Crippen molar-refractivity contribution in [3.63, 3.8) is 0 Å². The molecule has 33 heavy (non-hydrogen) atoms. The number of carboxylic acid groups (broad SMARTS) is 1. The Labute approximate surface area is 194 Å². The largest absolute Gasteiger partial charge is 0.480 e. The van der Waals surface area contributed by atoms with Crippen LogP contribution in [0, 0.1) is 5.41 Å². The van der Waals surface area contributed by atoms with Crippen molar-refractivity contribution >= 4 is 18.0 Å². The molecule has 176 valence electrons. The summed E-state index contributed by atoms with van der Waals surface area (Å²) in [7, 11) is 0. The Hall–Kier alpha value is -3.35. The summed E-state index contributed by atoms with van der Waals surface area (Å²) in [5.41, 5.74) is 4.52. The minimum atomic E-state index is -1.06. The van der Waals surface area contributed by atoms with Gasteiger partial charge < -0.3 is 20.5 Å². The van der Waals surface area contributed by atoms with E-state index in [2.05, 4.69) is 34.9 Å². The minimum Gasteiger partial charge on any atom is -0.480 e. The molecule has 1 aliphatic rings. The maximum Gasteiger partial charge on any atom is 0.407 e. The van der Waals surface area contributed by atoms with Gasteiger partial charge in [-0.1, -0.05) is 62.4 Å². The summed E-state index contributed by atoms with van der Waals surface area (Å²) in [5.74, 6) is -1.33. The molecule has 0 fully saturated rings. The van der Waals surface area contributed by atoms with Crippen LogP contribution >= 0.6 is 0 Å². The Balaban J connectivity index is 1.43. The third kappa shape index (κ3) is 6.34. The minimum absolute atomic E-state index is 0.0197. The van der Waals surface area contributed by atoms with Crippen LogP contribution in [0.1, 0.15) is 57.1 Å². The third-order valence-electron chi connectivity index (χ3n) is 6.19. The number of hydrogen-bond acceptors (Lipinski definition) is 4. The van der Waals surface area contributed by atoms with Crippen LogP contribution < -0.4 is 10.6 Å². The molecule has 0 spiro atoms. The van der Waals surface area contributed by atoms with Crippen molar-refractivity contribution < 1.29 is 24.2 Å². The second-order valence-electron chi connectivity index (χ2n) is 9.29. The fourth-order valence-electron chi connectivity index (χ4n) is 4.10. The van der Waals surface area contributed by atoms with Gasteiger partial charge in [-0.3, -0.25) is 9.59 Å². The summed E-state index contributed by atoms with van der Waals surface area (Å²) in [5, 5.41) is 14.1. The van der Waals surface area contributed by atoms with Crippen molar-refractivity contribution in [1.29, 1.82) is 0 Å². The molecule has 0 bridgehead atoms. The zero-order valence-electron chi connectivity index (χ0n) is 19.4. The van der Waals surface area contributed by atoms with Gasteiger partial charge in [-0.2, -0.15) is 0 Å². The van der Waals surface area contributed by atoms with Gasteiger partial charge in [0.2, 0.25) is 5.91 Å². The first-order valence-corrected chi connectivity index (χ1v) is 11.3. The molecule has 0 heterocycles. The van der Waals surface area contributed by atoms with Gasteiger partial charge in [0.05, 0.1) is 0 Å². The lowest BCUT2D eigenvalue weighted by Crippen LogP contribution is -2.38. The quantitative estimate of drug-likeness (QED) is 0.498. The lowest BCUT2D eigenvalue weighted by molar-refractivity contribution is -0.141. The number of fused-ring (bicyclic) bond motifs is 3. The molecular weight excluding hydrogens is 420 g/mol. The van der Waals surface area contributed by atoms with Gasteiger partial charge in [0.25, 0.3) is 0 Å². The molecule has 2 aromatic carbocycles. The van der Waals surface area contributed by atoms with Gasteiger partial charge in [-0.05, 0) is 47.4 Å². The van der Waals surface area contributed by atoms with E-state index >= 15 is 0 Å². The molecule has 0 saturated heterocycles. The molecule has 7 heteroatoms. The predicted molar refractivity (Wildman–Crippen MR) is 126 cm³/mol. The summed E-state index contributed by atoms with van der Waals surface area (Å²) in [6, 6.07) is 15.5. The van der Waals surface area contributed by atoms with Crippen LogP contribution in [0.5, 0.6) is 0 Å². The number of alkyl carbamates (subject to hydrolysis) is 1. The molecule has 0 aliphatic heterocycles. The van der Waals surface area contributed by atoms with Gasteiger partial charge >= 0.3 is 12.1 Å². The highest BCUT2D eigenvalue weighted by atomic mass is 16.5. The van der Waals surface area contributed by atoms with Gasteiger partial charge in [-0.15, -0.1) is 0 Å². The molecule has 0 unspecified atom stereocenters. The molecule has 1 aliphatic carbocycles. The number of ether oxygens (including phenoxy) is 1. The van der Waals surface area contributed by atoms with Crippen molar-refractivity contribution in [3.8, 4) is 11.1 Å². The lowest BCUT2D eigenvalue weighted by Gasteiger charge is -2.24. The number of nitrogens with one attached hydrogen (secondary N) is 2. The highest BCUT2D eigenvalue weighted by molar-refractivity contribution is 5.83. The van der Waals surface area contributed by atoms with Crippen molar-refractivity contribution in [1.82, 2.24) is 10.6 Å². The van der Waals surface area contributed by atoms with Crippen LogP contribution in [0.15, 0.2) is 48.5 Å². The second kappa shape index (κ2) is 10.5. The van der Waals surface area contributed by atoms with Crippen LogP contribution in [0.25, 0.3) is 11.1 Å². The summed E-state index contributed by atoms with van der Waals surface area (Å²) in [6.45, 7) is 6.16. The fourth-order valence-corrected chi connectivity index (χ4v) is 4.10. The van der Waals surface area contributed by atoms with Gasteiger partial charge in [0.15, 0.2) is 0 Å². The van der Waals surface area contributed by atoms with Crippen molar-refractivity contribution in [2.45, 2.75) is 52.0 Å². The van der Waals surface area contributed by atoms with Crippen molar-refractivity contribution in [2.75, 3.05) is 13.2 Å². The molecule has 7 nitrogen and oxygen atoms in total. The average Bonchev–Trinajstić information content (AvgIpc) is 3.10. The standard InChI is InChI=1S/C26H32N2O5/c1-17(24(30)31)28-23(29)12-13-26(2,3)14-15-27-25(32)33-16-22-20-10-6-4-8-18(20)19-9-5-7-11-21(19)22/h4-11,17,22H,12-16H2,1-3H3,(H,27,32)(H,28,29)(H,30,31)/t17-/m0/s1. The summed E-state index contributed by atoms with van der Waals surface area (Å²) in [4.78, 5) is 35.0. The third-order valence-corrected chi connectivity index (χ3v) is 6.19.